The van der Waals surface area contributed by atoms with E-state index in [-0.39, 0.29) is 6.04 Å². The second kappa shape index (κ2) is 3.96. The number of thiophene rings is 1. The highest BCUT2D eigenvalue weighted by molar-refractivity contribution is 7.15. The van der Waals surface area contributed by atoms with Gasteiger partial charge in [0.25, 0.3) is 0 Å². The Labute approximate surface area is 105 Å². The second-order valence-electron chi connectivity index (χ2n) is 4.79. The summed E-state index contributed by atoms with van der Waals surface area (Å²) in [7, 11) is 1.96. The molecule has 1 aliphatic carbocycles. The van der Waals surface area contributed by atoms with Crippen molar-refractivity contribution < 1.29 is 0 Å². The maximum absolute atomic E-state index is 6.23. The normalized spacial score (nSPS) is 19.4. The molecule has 0 saturated heterocycles. The average Bonchev–Trinajstić information content (AvgIpc) is 2.84. The molecule has 2 aromatic heterocycles. The van der Waals surface area contributed by atoms with Crippen LogP contribution in [0.2, 0.25) is 0 Å². The molecule has 4 heteroatoms. The van der Waals surface area contributed by atoms with E-state index in [1.54, 1.807) is 0 Å². The van der Waals surface area contributed by atoms with Gasteiger partial charge in [-0.15, -0.1) is 11.3 Å². The minimum Gasteiger partial charge on any atom is -0.324 e. The van der Waals surface area contributed by atoms with Crippen molar-refractivity contribution in [1.82, 2.24) is 9.78 Å². The lowest BCUT2D eigenvalue weighted by atomic mass is 9.91. The Balaban J connectivity index is 2.13. The highest BCUT2D eigenvalue weighted by atomic mass is 32.1. The molecule has 2 heterocycles. The quantitative estimate of drug-likeness (QED) is 0.842. The summed E-state index contributed by atoms with van der Waals surface area (Å²) in [5.41, 5.74) is 10.2. The van der Waals surface area contributed by atoms with E-state index in [1.807, 2.05) is 29.3 Å². The van der Waals surface area contributed by atoms with Crippen LogP contribution in [0.4, 0.5) is 0 Å². The molecule has 0 radical (unpaired) electrons. The molecule has 0 aromatic carbocycles. The third kappa shape index (κ3) is 1.72. The van der Waals surface area contributed by atoms with Gasteiger partial charge in [-0.3, -0.25) is 4.68 Å². The van der Waals surface area contributed by atoms with E-state index in [0.29, 0.717) is 0 Å². The standard InChI is InChI=1S/C13H17N3S/c1-8-12-10(14)4-3-5-11(12)17-13(8)9-6-15-16(2)7-9/h6-7,10H,3-5,14H2,1-2H3. The van der Waals surface area contributed by atoms with Crippen LogP contribution < -0.4 is 5.73 Å². The van der Waals surface area contributed by atoms with Gasteiger partial charge in [-0.25, -0.2) is 0 Å². The Bertz CT molecular complexity index is 553. The molecule has 1 aliphatic rings. The zero-order valence-electron chi connectivity index (χ0n) is 10.2. The Morgan fingerprint density at radius 2 is 2.35 bits per heavy atom. The lowest BCUT2D eigenvalue weighted by Gasteiger charge is -2.19. The molecular formula is C13H17N3S. The van der Waals surface area contributed by atoms with Crippen molar-refractivity contribution in [2.45, 2.75) is 32.2 Å². The highest BCUT2D eigenvalue weighted by Gasteiger charge is 2.24. The summed E-state index contributed by atoms with van der Waals surface area (Å²) in [6.45, 7) is 2.20. The Kier molecular flexibility index (Phi) is 2.56. The highest BCUT2D eigenvalue weighted by Crippen LogP contribution is 2.42. The van der Waals surface area contributed by atoms with Gasteiger partial charge in [0, 0.05) is 34.6 Å². The molecule has 2 aromatic rings. The summed E-state index contributed by atoms with van der Waals surface area (Å²) in [6, 6.07) is 0.237. The summed E-state index contributed by atoms with van der Waals surface area (Å²) >= 11 is 1.90. The molecule has 3 rings (SSSR count). The smallest absolute Gasteiger partial charge is 0.0576 e. The van der Waals surface area contributed by atoms with Crippen LogP contribution in [0, 0.1) is 6.92 Å². The van der Waals surface area contributed by atoms with Crippen LogP contribution in [0.1, 0.15) is 34.9 Å². The van der Waals surface area contributed by atoms with Gasteiger partial charge in [0.15, 0.2) is 0 Å². The summed E-state index contributed by atoms with van der Waals surface area (Å²) in [4.78, 5) is 2.83. The molecular weight excluding hydrogens is 230 g/mol. The zero-order valence-corrected chi connectivity index (χ0v) is 11.0. The maximum Gasteiger partial charge on any atom is 0.0576 e. The third-order valence-corrected chi connectivity index (χ3v) is 4.94. The van der Waals surface area contributed by atoms with Crippen molar-refractivity contribution in [3.63, 3.8) is 0 Å². The van der Waals surface area contributed by atoms with E-state index in [0.717, 1.165) is 6.42 Å². The summed E-state index contributed by atoms with van der Waals surface area (Å²) in [6.07, 6.45) is 7.55. The Morgan fingerprint density at radius 3 is 3.00 bits per heavy atom. The Hall–Kier alpha value is -1.13. The van der Waals surface area contributed by atoms with Gasteiger partial charge in [0.05, 0.1) is 6.20 Å². The van der Waals surface area contributed by atoms with E-state index < -0.39 is 0 Å². The fourth-order valence-corrected chi connectivity index (χ4v) is 4.09. The van der Waals surface area contributed by atoms with E-state index >= 15 is 0 Å². The van der Waals surface area contributed by atoms with Crippen LogP contribution in [0.25, 0.3) is 10.4 Å². The van der Waals surface area contributed by atoms with E-state index in [9.17, 15) is 0 Å². The maximum atomic E-state index is 6.23. The van der Waals surface area contributed by atoms with Crippen LogP contribution in [0.3, 0.4) is 0 Å². The predicted octanol–water partition coefficient (Wildman–Crippen LogP) is 2.79. The number of rotatable bonds is 1. The molecule has 17 heavy (non-hydrogen) atoms. The molecule has 0 amide bonds. The van der Waals surface area contributed by atoms with Crippen LogP contribution in [0.5, 0.6) is 0 Å². The van der Waals surface area contributed by atoms with Gasteiger partial charge in [-0.1, -0.05) is 0 Å². The predicted molar refractivity (Wildman–Crippen MR) is 71.1 cm³/mol. The van der Waals surface area contributed by atoms with Crippen molar-refractivity contribution in [2.24, 2.45) is 12.8 Å². The molecule has 0 spiro atoms. The monoisotopic (exact) mass is 247 g/mol. The minimum atomic E-state index is 0.237. The van der Waals surface area contributed by atoms with Crippen molar-refractivity contribution >= 4 is 11.3 Å². The SMILES string of the molecule is Cc1c(-c2cnn(C)c2)sc2c1C(N)CCC2. The van der Waals surface area contributed by atoms with Crippen LogP contribution in [-0.2, 0) is 13.5 Å². The van der Waals surface area contributed by atoms with E-state index in [2.05, 4.69) is 18.2 Å². The number of aromatic nitrogens is 2. The van der Waals surface area contributed by atoms with Gasteiger partial charge < -0.3 is 5.73 Å². The van der Waals surface area contributed by atoms with Gasteiger partial charge >= 0.3 is 0 Å². The van der Waals surface area contributed by atoms with Crippen molar-refractivity contribution in [2.75, 3.05) is 0 Å². The summed E-state index contributed by atoms with van der Waals surface area (Å²) in [5.74, 6) is 0. The van der Waals surface area contributed by atoms with Crippen LogP contribution in [-0.4, -0.2) is 9.78 Å². The fraction of sp³-hybridized carbons (Fsp3) is 0.462. The summed E-state index contributed by atoms with van der Waals surface area (Å²) in [5, 5.41) is 4.25. The lowest BCUT2D eigenvalue weighted by Crippen LogP contribution is -2.16. The molecule has 1 atom stereocenters. The fourth-order valence-electron chi connectivity index (χ4n) is 2.70. The van der Waals surface area contributed by atoms with Gasteiger partial charge in [-0.05, 0) is 37.3 Å². The number of aryl methyl sites for hydroxylation is 2. The van der Waals surface area contributed by atoms with Crippen molar-refractivity contribution in [1.29, 1.82) is 0 Å². The Morgan fingerprint density at radius 1 is 1.53 bits per heavy atom. The molecule has 3 nitrogen and oxygen atoms in total. The molecule has 90 valence electrons. The van der Waals surface area contributed by atoms with Crippen LogP contribution in [0.15, 0.2) is 12.4 Å². The topological polar surface area (TPSA) is 43.8 Å². The molecule has 2 N–H and O–H groups in total. The average molecular weight is 247 g/mol. The first-order chi connectivity index (χ1) is 8.16. The van der Waals surface area contributed by atoms with Crippen molar-refractivity contribution in [3.8, 4) is 10.4 Å². The molecule has 0 bridgehead atoms. The van der Waals surface area contributed by atoms with E-state index in [4.69, 9.17) is 5.73 Å². The largest absolute Gasteiger partial charge is 0.324 e. The minimum absolute atomic E-state index is 0.237. The molecule has 0 fully saturated rings. The number of nitrogens with two attached hydrogens (primary N) is 1. The van der Waals surface area contributed by atoms with Gasteiger partial charge in [0.2, 0.25) is 0 Å². The van der Waals surface area contributed by atoms with Gasteiger partial charge in [-0.2, -0.15) is 5.10 Å². The first-order valence-corrected chi connectivity index (χ1v) is 6.85. The number of hydrogen-bond acceptors (Lipinski definition) is 3. The number of hydrogen-bond donors (Lipinski definition) is 1. The number of nitrogens with zero attached hydrogens (tertiary/aromatic N) is 2. The first kappa shape index (κ1) is 11.0. The van der Waals surface area contributed by atoms with Crippen LogP contribution >= 0.6 is 11.3 Å². The lowest BCUT2D eigenvalue weighted by molar-refractivity contribution is 0.575. The first-order valence-electron chi connectivity index (χ1n) is 6.03. The van der Waals surface area contributed by atoms with E-state index in [1.165, 1.54) is 39.3 Å². The van der Waals surface area contributed by atoms with Crippen molar-refractivity contribution in [3.05, 3.63) is 28.4 Å². The van der Waals surface area contributed by atoms with Gasteiger partial charge in [0.1, 0.15) is 0 Å². The molecule has 0 saturated carbocycles. The zero-order chi connectivity index (χ0) is 12.0. The number of fused-ring (bicyclic) bond motifs is 1. The molecule has 0 aliphatic heterocycles. The second-order valence-corrected chi connectivity index (χ2v) is 5.90. The summed E-state index contributed by atoms with van der Waals surface area (Å²) < 4.78 is 1.85. The molecule has 1 unspecified atom stereocenters. The third-order valence-electron chi connectivity index (χ3n) is 3.53.